The Morgan fingerprint density at radius 2 is 1.87 bits per heavy atom. The van der Waals surface area contributed by atoms with Crippen LogP contribution in [0.4, 0.5) is 9.59 Å². The second kappa shape index (κ2) is 11.0. The Labute approximate surface area is 232 Å². The van der Waals surface area contributed by atoms with Crippen LogP contribution in [0.5, 0.6) is 0 Å². The molecule has 4 aliphatic rings. The molecule has 2 saturated carbocycles. The number of ether oxygens (including phenoxy) is 3. The minimum Gasteiger partial charge on any atom is -0.450 e. The van der Waals surface area contributed by atoms with E-state index in [-0.39, 0.29) is 29.5 Å². The second-order valence-corrected chi connectivity index (χ2v) is 12.8. The molecular formula is C32H43NO6. The molecule has 1 aromatic rings. The lowest BCUT2D eigenvalue weighted by atomic mass is 9.46. The standard InChI is InChI=1S/C32H43NO6/c1-20(2)38-30(36)37-17-13-28(39-29(34)35)21-11-14-31(3)23(18-21)7-8-24-26-10-9-25(22-6-5-16-33-19-22)32(26,4)15-12-27(24)31/h5-7,9,16,19-21,24,26-28H,8,10-15,17-18H2,1-4H3,(H,34,35)/t21-,24?,26?,27?,28?,31-,32+/m0/s1. The first-order valence-electron chi connectivity index (χ1n) is 14.7. The molecule has 7 heteroatoms. The fraction of sp³-hybridized carbons (Fsp3) is 0.656. The summed E-state index contributed by atoms with van der Waals surface area (Å²) in [5.74, 6) is 2.03. The molecule has 1 N–H and O–H groups in total. The molecule has 212 valence electrons. The minimum atomic E-state index is -1.28. The summed E-state index contributed by atoms with van der Waals surface area (Å²) >= 11 is 0. The van der Waals surface area contributed by atoms with Crippen LogP contribution in [0.1, 0.15) is 84.6 Å². The van der Waals surface area contributed by atoms with E-state index in [2.05, 4.69) is 37.0 Å². The number of nitrogens with zero attached hydrogens (tertiary/aromatic N) is 1. The molecule has 0 amide bonds. The van der Waals surface area contributed by atoms with Gasteiger partial charge < -0.3 is 19.3 Å². The highest BCUT2D eigenvalue weighted by Gasteiger charge is 2.57. The second-order valence-electron chi connectivity index (χ2n) is 12.8. The van der Waals surface area contributed by atoms with E-state index >= 15 is 0 Å². The molecule has 4 aliphatic carbocycles. The molecule has 7 nitrogen and oxygen atoms in total. The van der Waals surface area contributed by atoms with Crippen molar-refractivity contribution in [2.45, 2.75) is 91.3 Å². The van der Waals surface area contributed by atoms with Gasteiger partial charge in [-0.3, -0.25) is 4.98 Å². The average Bonchev–Trinajstić information content (AvgIpc) is 3.25. The van der Waals surface area contributed by atoms with Gasteiger partial charge in [0.15, 0.2) is 0 Å². The quantitative estimate of drug-likeness (QED) is 0.282. The topological polar surface area (TPSA) is 95.0 Å². The summed E-state index contributed by atoms with van der Waals surface area (Å²) < 4.78 is 15.6. The van der Waals surface area contributed by atoms with Gasteiger partial charge in [-0.1, -0.05) is 37.6 Å². The van der Waals surface area contributed by atoms with E-state index in [0.29, 0.717) is 24.2 Å². The fourth-order valence-corrected chi connectivity index (χ4v) is 8.55. The zero-order valence-corrected chi connectivity index (χ0v) is 23.7. The molecule has 7 atom stereocenters. The predicted octanol–water partition coefficient (Wildman–Crippen LogP) is 7.67. The maximum atomic E-state index is 11.8. The molecular weight excluding hydrogens is 494 g/mol. The number of pyridine rings is 1. The van der Waals surface area contributed by atoms with E-state index in [1.54, 1.807) is 13.8 Å². The molecule has 1 aromatic heterocycles. The molecule has 0 spiro atoms. The first-order valence-corrected chi connectivity index (χ1v) is 14.7. The summed E-state index contributed by atoms with van der Waals surface area (Å²) in [7, 11) is 0. The highest BCUT2D eigenvalue weighted by Crippen LogP contribution is 2.66. The number of aromatic nitrogens is 1. The third kappa shape index (κ3) is 5.33. The van der Waals surface area contributed by atoms with Crippen LogP contribution in [0.2, 0.25) is 0 Å². The summed E-state index contributed by atoms with van der Waals surface area (Å²) in [6.45, 7) is 8.53. The molecule has 39 heavy (non-hydrogen) atoms. The Morgan fingerprint density at radius 3 is 2.59 bits per heavy atom. The minimum absolute atomic E-state index is 0.0769. The van der Waals surface area contributed by atoms with Gasteiger partial charge in [-0.05, 0) is 110 Å². The number of fused-ring (bicyclic) bond motifs is 5. The molecule has 1 heterocycles. The lowest BCUT2D eigenvalue weighted by Gasteiger charge is -2.58. The molecule has 0 bridgehead atoms. The summed E-state index contributed by atoms with van der Waals surface area (Å²) in [6.07, 6.45) is 13.8. The van der Waals surface area contributed by atoms with Gasteiger partial charge in [-0.25, -0.2) is 9.59 Å². The number of allylic oxidation sites excluding steroid dienone is 4. The summed E-state index contributed by atoms with van der Waals surface area (Å²) in [5.41, 5.74) is 4.56. The monoisotopic (exact) mass is 537 g/mol. The van der Waals surface area contributed by atoms with Crippen molar-refractivity contribution >= 4 is 17.9 Å². The van der Waals surface area contributed by atoms with E-state index in [9.17, 15) is 14.7 Å². The van der Waals surface area contributed by atoms with E-state index in [0.717, 1.165) is 32.1 Å². The van der Waals surface area contributed by atoms with Crippen LogP contribution in [-0.4, -0.2) is 41.2 Å². The van der Waals surface area contributed by atoms with Gasteiger partial charge in [0.1, 0.15) is 6.10 Å². The molecule has 5 rings (SSSR count). The summed E-state index contributed by atoms with van der Waals surface area (Å²) in [4.78, 5) is 27.7. The van der Waals surface area contributed by atoms with Crippen molar-refractivity contribution in [3.05, 3.63) is 47.8 Å². The average molecular weight is 538 g/mol. The normalized spacial score (nSPS) is 34.1. The Hall–Kier alpha value is -2.83. The summed E-state index contributed by atoms with van der Waals surface area (Å²) in [6, 6.07) is 4.24. The molecule has 0 radical (unpaired) electrons. The van der Waals surface area contributed by atoms with Crippen LogP contribution >= 0.6 is 0 Å². The smallest absolute Gasteiger partial charge is 0.450 e. The summed E-state index contributed by atoms with van der Waals surface area (Å²) in [5, 5.41) is 9.42. The van der Waals surface area contributed by atoms with Crippen LogP contribution in [-0.2, 0) is 14.2 Å². The number of rotatable bonds is 7. The lowest BCUT2D eigenvalue weighted by molar-refractivity contribution is -0.0367. The van der Waals surface area contributed by atoms with Crippen molar-refractivity contribution in [2.75, 3.05) is 6.61 Å². The maximum absolute atomic E-state index is 11.8. The highest BCUT2D eigenvalue weighted by atomic mass is 16.7. The molecule has 4 unspecified atom stereocenters. The number of carbonyl (C=O) groups excluding carboxylic acids is 1. The zero-order chi connectivity index (χ0) is 27.8. The van der Waals surface area contributed by atoms with Gasteiger partial charge >= 0.3 is 12.3 Å². The molecule has 0 saturated heterocycles. The van der Waals surface area contributed by atoms with Crippen molar-refractivity contribution < 1.29 is 28.9 Å². The van der Waals surface area contributed by atoms with Crippen molar-refractivity contribution in [3.63, 3.8) is 0 Å². The first-order chi connectivity index (χ1) is 18.6. The highest BCUT2D eigenvalue weighted by molar-refractivity contribution is 5.72. The van der Waals surface area contributed by atoms with E-state index in [1.807, 2.05) is 18.5 Å². The van der Waals surface area contributed by atoms with Gasteiger partial charge in [0.2, 0.25) is 0 Å². The van der Waals surface area contributed by atoms with Crippen LogP contribution in [0.3, 0.4) is 0 Å². The van der Waals surface area contributed by atoms with Crippen LogP contribution < -0.4 is 0 Å². The number of hydrogen-bond acceptors (Lipinski definition) is 6. The number of carboxylic acid groups (broad SMARTS) is 1. The Bertz CT molecular complexity index is 1130. The fourth-order valence-electron chi connectivity index (χ4n) is 8.55. The third-order valence-corrected chi connectivity index (χ3v) is 10.4. The largest absolute Gasteiger partial charge is 0.508 e. The van der Waals surface area contributed by atoms with Gasteiger partial charge in [0.25, 0.3) is 0 Å². The van der Waals surface area contributed by atoms with E-state index in [1.165, 1.54) is 29.6 Å². The number of hydrogen-bond donors (Lipinski definition) is 1. The van der Waals surface area contributed by atoms with Gasteiger partial charge in [0, 0.05) is 18.8 Å². The van der Waals surface area contributed by atoms with Crippen molar-refractivity contribution in [1.29, 1.82) is 0 Å². The van der Waals surface area contributed by atoms with Crippen molar-refractivity contribution in [2.24, 2.45) is 34.5 Å². The maximum Gasteiger partial charge on any atom is 0.508 e. The van der Waals surface area contributed by atoms with Crippen LogP contribution in [0.15, 0.2) is 42.3 Å². The lowest BCUT2D eigenvalue weighted by Crippen LogP contribution is -2.50. The van der Waals surface area contributed by atoms with Crippen molar-refractivity contribution in [3.8, 4) is 0 Å². The number of carbonyl (C=O) groups is 2. The molecule has 0 aliphatic heterocycles. The van der Waals surface area contributed by atoms with Gasteiger partial charge in [-0.2, -0.15) is 0 Å². The zero-order valence-electron chi connectivity index (χ0n) is 23.7. The molecule has 0 aromatic carbocycles. The van der Waals surface area contributed by atoms with Crippen molar-refractivity contribution in [1.82, 2.24) is 4.98 Å². The molecule has 2 fully saturated rings. The van der Waals surface area contributed by atoms with Gasteiger partial charge in [-0.15, -0.1) is 0 Å². The first kappa shape index (κ1) is 27.7. The van der Waals surface area contributed by atoms with E-state index < -0.39 is 18.4 Å². The Morgan fingerprint density at radius 1 is 1.08 bits per heavy atom. The Balaban J connectivity index is 1.28. The third-order valence-electron chi connectivity index (χ3n) is 10.4. The Kier molecular flexibility index (Phi) is 7.80. The predicted molar refractivity (Wildman–Crippen MR) is 148 cm³/mol. The van der Waals surface area contributed by atoms with Gasteiger partial charge in [0.05, 0.1) is 12.7 Å². The van der Waals surface area contributed by atoms with Crippen LogP contribution in [0.25, 0.3) is 5.57 Å². The SMILES string of the molecule is CC(C)OC(=O)OCCC(OC(=O)O)[C@H]1CC[C@@]2(C)C(=CCC3C2CC[C@]2(C)C(c4cccnc4)=CCC32)C1. The van der Waals surface area contributed by atoms with E-state index in [4.69, 9.17) is 14.2 Å². The van der Waals surface area contributed by atoms with Crippen LogP contribution in [0, 0.1) is 34.5 Å².